The zero-order chi connectivity index (χ0) is 20.4. The van der Waals surface area contributed by atoms with Crippen molar-refractivity contribution in [1.29, 1.82) is 0 Å². The summed E-state index contributed by atoms with van der Waals surface area (Å²) in [6.07, 6.45) is 0. The van der Waals surface area contributed by atoms with E-state index < -0.39 is 52.5 Å². The van der Waals surface area contributed by atoms with E-state index in [-0.39, 0.29) is 0 Å². The normalized spacial score (nSPS) is 14.9. The van der Waals surface area contributed by atoms with Crippen molar-refractivity contribution in [3.8, 4) is 0 Å². The van der Waals surface area contributed by atoms with Crippen molar-refractivity contribution in [3.05, 3.63) is 0 Å². The largest absolute Gasteiger partial charge is 0.522 e. The third-order valence-electron chi connectivity index (χ3n) is 2.00. The van der Waals surface area contributed by atoms with Gasteiger partial charge in [0.1, 0.15) is 13.2 Å². The van der Waals surface area contributed by atoms with Gasteiger partial charge < -0.3 is 10.2 Å². The highest BCUT2D eigenvalue weighted by molar-refractivity contribution is 7.86. The Morgan fingerprint density at radius 2 is 0.792 bits per heavy atom. The van der Waals surface area contributed by atoms with Crippen LogP contribution >= 0.6 is 0 Å². The molecule has 0 fully saturated rings. The van der Waals surface area contributed by atoms with Crippen LogP contribution in [0.2, 0.25) is 0 Å². The molecule has 0 rings (SSSR count). The van der Waals surface area contributed by atoms with Crippen molar-refractivity contribution in [1.82, 2.24) is 0 Å². The van der Waals surface area contributed by atoms with Gasteiger partial charge in [0, 0.05) is 0 Å². The number of aliphatic hydroxyl groups is 2. The first-order valence-corrected chi connectivity index (χ1v) is 6.33. The Hall–Kier alpha value is -0.940. The lowest BCUT2D eigenvalue weighted by Crippen LogP contribution is -2.64. The summed E-state index contributed by atoms with van der Waals surface area (Å²) in [6.45, 7) is -5.48. The fourth-order valence-electron chi connectivity index (χ4n) is 0.658. The van der Waals surface area contributed by atoms with Crippen LogP contribution in [0.15, 0.2) is 0 Å². The number of hydrogen-bond acceptors (Lipinski definition) is 4. The fourth-order valence-corrected chi connectivity index (χ4v) is 0.658. The molecule has 0 saturated heterocycles. The average molecular weight is 412 g/mol. The summed E-state index contributed by atoms with van der Waals surface area (Å²) >= 11 is 0. The van der Waals surface area contributed by atoms with Gasteiger partial charge in [0.25, 0.3) is 0 Å². The molecule has 0 bridgehead atoms. The maximum Gasteiger partial charge on any atom is 0.522 e. The minimum Gasteiger partial charge on any atom is -0.390 e. The maximum absolute atomic E-state index is 12.4. The van der Waals surface area contributed by atoms with Crippen LogP contribution in [0, 0.1) is 0 Å². The number of hydrogen-bond donors (Lipinski definition) is 3. The topological polar surface area (TPSA) is 94.8 Å². The molecule has 5 nitrogen and oxygen atoms in total. The lowest BCUT2D eigenvalue weighted by Gasteiger charge is -2.35. The molecule has 0 aromatic heterocycles. The molecular formula is C7H7F11O5S. The molecule has 24 heavy (non-hydrogen) atoms. The molecule has 0 aromatic rings. The van der Waals surface area contributed by atoms with E-state index in [1.807, 2.05) is 0 Å². The van der Waals surface area contributed by atoms with Crippen LogP contribution in [0.25, 0.3) is 0 Å². The van der Waals surface area contributed by atoms with Crippen LogP contribution in [0.3, 0.4) is 0 Å². The van der Waals surface area contributed by atoms with E-state index in [1.54, 1.807) is 0 Å². The van der Waals surface area contributed by atoms with Crippen molar-refractivity contribution >= 4 is 10.1 Å². The van der Waals surface area contributed by atoms with E-state index in [0.717, 1.165) is 0 Å². The Morgan fingerprint density at radius 1 is 0.625 bits per heavy atom. The summed E-state index contributed by atoms with van der Waals surface area (Å²) < 4.78 is 156. The van der Waals surface area contributed by atoms with E-state index in [0.29, 0.717) is 0 Å². The molecule has 0 aliphatic carbocycles. The number of rotatable bonds is 5. The first kappa shape index (κ1) is 25.3. The van der Waals surface area contributed by atoms with Gasteiger partial charge in [-0.05, 0) is 0 Å². The molecule has 17 heteroatoms. The standard InChI is InChI=1S/C6H6F8O2.CHF3O3S/c7-3(8,1-15)5(11,12)6(13,14)4(9,10)2-16;2-1(3,4)8(5,6)7/h15-16H,1-2H2;(H,5,6,7). The minimum atomic E-state index is -6.50. The van der Waals surface area contributed by atoms with Gasteiger partial charge in [0.2, 0.25) is 0 Å². The summed E-state index contributed by atoms with van der Waals surface area (Å²) in [6, 6.07) is 0. The van der Waals surface area contributed by atoms with Crippen molar-refractivity contribution in [3.63, 3.8) is 0 Å². The van der Waals surface area contributed by atoms with Crippen molar-refractivity contribution in [2.24, 2.45) is 0 Å². The first-order chi connectivity index (χ1) is 10.1. The van der Waals surface area contributed by atoms with Gasteiger partial charge >= 0.3 is 39.3 Å². The van der Waals surface area contributed by atoms with Gasteiger partial charge in [-0.15, -0.1) is 0 Å². The zero-order valence-corrected chi connectivity index (χ0v) is 11.5. The molecule has 0 radical (unpaired) electrons. The van der Waals surface area contributed by atoms with E-state index in [1.165, 1.54) is 0 Å². The average Bonchev–Trinajstić information content (AvgIpc) is 2.36. The summed E-state index contributed by atoms with van der Waals surface area (Å²) in [5.41, 5.74) is -5.53. The van der Waals surface area contributed by atoms with Crippen LogP contribution in [-0.4, -0.2) is 65.6 Å². The Kier molecular flexibility index (Phi) is 7.51. The Morgan fingerprint density at radius 3 is 0.875 bits per heavy atom. The van der Waals surface area contributed by atoms with Gasteiger partial charge in [-0.3, -0.25) is 4.55 Å². The van der Waals surface area contributed by atoms with Crippen LogP contribution in [-0.2, 0) is 10.1 Å². The van der Waals surface area contributed by atoms with Gasteiger partial charge in [0.15, 0.2) is 0 Å². The highest BCUT2D eigenvalue weighted by Crippen LogP contribution is 2.52. The lowest BCUT2D eigenvalue weighted by atomic mass is 9.99. The van der Waals surface area contributed by atoms with E-state index >= 15 is 0 Å². The van der Waals surface area contributed by atoms with Crippen LogP contribution in [0.1, 0.15) is 0 Å². The molecule has 0 amide bonds. The summed E-state index contributed by atoms with van der Waals surface area (Å²) in [4.78, 5) is 0. The SMILES string of the molecule is O=S(=O)(O)C(F)(F)F.OCC(F)(F)C(F)(F)C(F)(F)C(F)(F)CO. The fraction of sp³-hybridized carbons (Fsp3) is 1.00. The van der Waals surface area contributed by atoms with Crippen LogP contribution in [0.5, 0.6) is 0 Å². The molecular weight excluding hydrogens is 405 g/mol. The minimum absolute atomic E-state index is 2.74. The third kappa shape index (κ3) is 5.03. The predicted molar refractivity (Wildman–Crippen MR) is 51.6 cm³/mol. The maximum atomic E-state index is 12.4. The summed E-state index contributed by atoms with van der Waals surface area (Å²) in [7, 11) is -5.84. The summed E-state index contributed by atoms with van der Waals surface area (Å²) in [5.74, 6) is -24.5. The van der Waals surface area contributed by atoms with E-state index in [4.69, 9.17) is 23.2 Å². The molecule has 0 atom stereocenters. The predicted octanol–water partition coefficient (Wildman–Crippen LogP) is 1.91. The highest BCUT2D eigenvalue weighted by atomic mass is 32.2. The molecule has 0 aromatic carbocycles. The lowest BCUT2D eigenvalue weighted by molar-refractivity contribution is -0.373. The number of halogens is 11. The second kappa shape index (κ2) is 7.12. The first-order valence-electron chi connectivity index (χ1n) is 4.89. The number of aliphatic hydroxyl groups excluding tert-OH is 2. The van der Waals surface area contributed by atoms with Crippen molar-refractivity contribution < 1.29 is 71.5 Å². The molecule has 0 aliphatic heterocycles. The summed E-state index contributed by atoms with van der Waals surface area (Å²) in [5, 5.41) is 15.5. The number of alkyl halides is 11. The van der Waals surface area contributed by atoms with Crippen LogP contribution in [0.4, 0.5) is 48.3 Å². The highest BCUT2D eigenvalue weighted by Gasteiger charge is 2.80. The van der Waals surface area contributed by atoms with Crippen molar-refractivity contribution in [2.75, 3.05) is 13.2 Å². The monoisotopic (exact) mass is 412 g/mol. The molecule has 148 valence electrons. The third-order valence-corrected chi connectivity index (χ3v) is 2.59. The van der Waals surface area contributed by atoms with Crippen molar-refractivity contribution in [2.45, 2.75) is 29.2 Å². The Labute approximate surface area is 125 Å². The van der Waals surface area contributed by atoms with Gasteiger partial charge in [-0.25, -0.2) is 0 Å². The second-order valence-corrected chi connectivity index (χ2v) is 5.21. The van der Waals surface area contributed by atoms with Gasteiger partial charge in [0.05, 0.1) is 0 Å². The molecule has 0 aliphatic rings. The zero-order valence-electron chi connectivity index (χ0n) is 10.6. The molecule has 3 N–H and O–H groups in total. The molecule has 0 heterocycles. The van der Waals surface area contributed by atoms with E-state index in [9.17, 15) is 48.3 Å². The van der Waals surface area contributed by atoms with Crippen LogP contribution < -0.4 is 0 Å². The molecule has 0 spiro atoms. The molecule has 0 saturated carbocycles. The van der Waals surface area contributed by atoms with Gasteiger partial charge in [-0.1, -0.05) is 0 Å². The quantitative estimate of drug-likeness (QED) is 0.365. The second-order valence-electron chi connectivity index (χ2n) is 3.79. The van der Waals surface area contributed by atoms with Gasteiger partial charge in [-0.2, -0.15) is 56.7 Å². The Balaban J connectivity index is 0. The smallest absolute Gasteiger partial charge is 0.390 e. The van der Waals surface area contributed by atoms with E-state index in [2.05, 4.69) is 0 Å². The molecule has 0 unspecified atom stereocenters. The Bertz CT molecular complexity index is 485.